The Kier molecular flexibility index (Phi) is 5.60. The third kappa shape index (κ3) is 4.77. The largest absolute Gasteiger partial charge is 0.376 e. The Morgan fingerprint density at radius 2 is 2.26 bits per heavy atom. The molecular weight excluding hydrogens is 314 g/mol. The summed E-state index contributed by atoms with van der Waals surface area (Å²) in [4.78, 5) is 11.9. The van der Waals surface area contributed by atoms with E-state index in [2.05, 4.69) is 20.8 Å². The Morgan fingerprint density at radius 1 is 1.39 bits per heavy atom. The molecule has 3 rings (SSSR count). The molecule has 0 saturated carbocycles. The first kappa shape index (κ1) is 15.9. The summed E-state index contributed by atoms with van der Waals surface area (Å²) in [6.45, 7) is 1.49. The van der Waals surface area contributed by atoms with Crippen LogP contribution in [-0.4, -0.2) is 44.6 Å². The van der Waals surface area contributed by atoms with Gasteiger partial charge in [-0.1, -0.05) is 30.0 Å². The highest BCUT2D eigenvalue weighted by molar-refractivity contribution is 7.99. The summed E-state index contributed by atoms with van der Waals surface area (Å²) in [5.74, 6) is 0.617. The van der Waals surface area contributed by atoms with Gasteiger partial charge in [0, 0.05) is 24.5 Å². The quantitative estimate of drug-likeness (QED) is 0.780. The number of aromatic nitrogens is 4. The smallest absolute Gasteiger partial charge is 0.225 e. The molecule has 1 aliphatic rings. The lowest BCUT2D eigenvalue weighted by atomic mass is 10.2. The Labute approximate surface area is 138 Å². The number of carbonyl (C=O) groups is 1. The number of para-hydroxylation sites is 1. The Hall–Kier alpha value is -1.93. The van der Waals surface area contributed by atoms with Gasteiger partial charge in [-0.2, -0.15) is 0 Å². The molecule has 1 aromatic carbocycles. The van der Waals surface area contributed by atoms with Crippen LogP contribution >= 0.6 is 11.8 Å². The zero-order valence-electron chi connectivity index (χ0n) is 12.7. The van der Waals surface area contributed by atoms with Crippen LogP contribution in [0.2, 0.25) is 0 Å². The minimum Gasteiger partial charge on any atom is -0.376 e. The fourth-order valence-electron chi connectivity index (χ4n) is 2.38. The molecule has 1 saturated heterocycles. The van der Waals surface area contributed by atoms with Gasteiger partial charge in [0.2, 0.25) is 11.1 Å². The number of benzene rings is 1. The summed E-state index contributed by atoms with van der Waals surface area (Å²) in [5, 5.41) is 15.3. The SMILES string of the molecule is O=C(CCSc1nnnn1CC1CCCO1)Nc1ccccc1. The van der Waals surface area contributed by atoms with Gasteiger partial charge in [0.1, 0.15) is 0 Å². The van der Waals surface area contributed by atoms with Crippen LogP contribution in [0.15, 0.2) is 35.5 Å². The zero-order valence-corrected chi connectivity index (χ0v) is 13.5. The van der Waals surface area contributed by atoms with E-state index < -0.39 is 0 Å². The molecule has 1 unspecified atom stereocenters. The second-order valence-electron chi connectivity index (χ2n) is 5.29. The third-order valence-corrected chi connectivity index (χ3v) is 4.48. The van der Waals surface area contributed by atoms with E-state index >= 15 is 0 Å². The van der Waals surface area contributed by atoms with Gasteiger partial charge in [0.25, 0.3) is 0 Å². The molecule has 0 bridgehead atoms. The van der Waals surface area contributed by atoms with Crippen LogP contribution in [0.5, 0.6) is 0 Å². The van der Waals surface area contributed by atoms with Crippen molar-refractivity contribution < 1.29 is 9.53 Å². The fourth-order valence-corrected chi connectivity index (χ4v) is 3.20. The van der Waals surface area contributed by atoms with Gasteiger partial charge in [0.15, 0.2) is 0 Å². The van der Waals surface area contributed by atoms with Crippen molar-refractivity contribution in [3.8, 4) is 0 Å². The van der Waals surface area contributed by atoms with E-state index in [-0.39, 0.29) is 12.0 Å². The number of ether oxygens (including phenoxy) is 1. The van der Waals surface area contributed by atoms with E-state index in [0.29, 0.717) is 18.7 Å². The molecule has 122 valence electrons. The first-order valence-corrected chi connectivity index (χ1v) is 8.65. The Morgan fingerprint density at radius 3 is 3.04 bits per heavy atom. The van der Waals surface area contributed by atoms with Gasteiger partial charge >= 0.3 is 0 Å². The molecule has 2 aromatic rings. The van der Waals surface area contributed by atoms with E-state index in [1.807, 2.05) is 30.3 Å². The molecule has 1 amide bonds. The molecule has 23 heavy (non-hydrogen) atoms. The number of thioether (sulfide) groups is 1. The Bertz CT molecular complexity index is 628. The van der Waals surface area contributed by atoms with Crippen molar-refractivity contribution in [1.82, 2.24) is 20.2 Å². The predicted octanol–water partition coefficient (Wildman–Crippen LogP) is 1.97. The molecule has 1 atom stereocenters. The van der Waals surface area contributed by atoms with Crippen molar-refractivity contribution in [3.63, 3.8) is 0 Å². The number of tetrazole rings is 1. The second kappa shape index (κ2) is 8.07. The first-order valence-electron chi connectivity index (χ1n) is 7.67. The highest BCUT2D eigenvalue weighted by Gasteiger charge is 2.19. The topological polar surface area (TPSA) is 81.9 Å². The number of hydrogen-bond donors (Lipinski definition) is 1. The van der Waals surface area contributed by atoms with Crippen molar-refractivity contribution in [1.29, 1.82) is 0 Å². The van der Waals surface area contributed by atoms with Gasteiger partial charge in [-0.05, 0) is 35.4 Å². The lowest BCUT2D eigenvalue weighted by Gasteiger charge is -2.10. The fraction of sp³-hybridized carbons (Fsp3) is 0.467. The van der Waals surface area contributed by atoms with Crippen LogP contribution in [0.3, 0.4) is 0 Å². The van der Waals surface area contributed by atoms with Gasteiger partial charge in [0.05, 0.1) is 12.6 Å². The lowest BCUT2D eigenvalue weighted by Crippen LogP contribution is -2.17. The zero-order chi connectivity index (χ0) is 15.9. The highest BCUT2D eigenvalue weighted by atomic mass is 32.2. The van der Waals surface area contributed by atoms with Crippen molar-refractivity contribution in [2.24, 2.45) is 0 Å². The maximum atomic E-state index is 11.9. The molecule has 0 aliphatic carbocycles. The van der Waals surface area contributed by atoms with Crippen molar-refractivity contribution in [2.45, 2.75) is 37.1 Å². The molecule has 7 nitrogen and oxygen atoms in total. The summed E-state index contributed by atoms with van der Waals surface area (Å²) in [6.07, 6.45) is 2.74. The minimum atomic E-state index is -0.0122. The number of rotatable bonds is 7. The van der Waals surface area contributed by atoms with Crippen LogP contribution in [0.4, 0.5) is 5.69 Å². The van der Waals surface area contributed by atoms with Crippen molar-refractivity contribution in [3.05, 3.63) is 30.3 Å². The van der Waals surface area contributed by atoms with Gasteiger partial charge in [-0.25, -0.2) is 4.68 Å². The molecule has 1 aromatic heterocycles. The second-order valence-corrected chi connectivity index (χ2v) is 6.35. The van der Waals surface area contributed by atoms with Crippen LogP contribution in [0, 0.1) is 0 Å². The normalized spacial score (nSPS) is 17.3. The maximum Gasteiger partial charge on any atom is 0.225 e. The minimum absolute atomic E-state index is 0.0122. The molecule has 0 spiro atoms. The number of hydrogen-bond acceptors (Lipinski definition) is 6. The molecular formula is C15H19N5O2S. The number of amides is 1. The standard InChI is InChI=1S/C15H19N5O2S/c21-14(16-12-5-2-1-3-6-12)8-10-23-15-17-18-19-20(15)11-13-7-4-9-22-13/h1-3,5-6,13H,4,7-11H2,(H,16,21). The van der Waals surface area contributed by atoms with Gasteiger partial charge in [-0.3, -0.25) is 4.79 Å². The van der Waals surface area contributed by atoms with Crippen molar-refractivity contribution >= 4 is 23.4 Å². The summed E-state index contributed by atoms with van der Waals surface area (Å²) in [5.41, 5.74) is 0.811. The van der Waals surface area contributed by atoms with Crippen LogP contribution in [0.1, 0.15) is 19.3 Å². The van der Waals surface area contributed by atoms with Gasteiger partial charge in [-0.15, -0.1) is 5.10 Å². The average molecular weight is 333 g/mol. The van der Waals surface area contributed by atoms with Crippen LogP contribution in [0.25, 0.3) is 0 Å². The third-order valence-electron chi connectivity index (χ3n) is 3.52. The lowest BCUT2D eigenvalue weighted by molar-refractivity contribution is -0.115. The molecule has 1 fully saturated rings. The maximum absolute atomic E-state index is 11.9. The molecule has 1 N–H and O–H groups in total. The molecule has 8 heteroatoms. The number of nitrogens with one attached hydrogen (secondary N) is 1. The number of carbonyl (C=O) groups excluding carboxylic acids is 1. The van der Waals surface area contributed by atoms with Gasteiger partial charge < -0.3 is 10.1 Å². The molecule has 1 aliphatic heterocycles. The van der Waals surface area contributed by atoms with Crippen LogP contribution in [-0.2, 0) is 16.1 Å². The molecule has 0 radical (unpaired) electrons. The summed E-state index contributed by atoms with van der Waals surface area (Å²) >= 11 is 1.49. The average Bonchev–Trinajstić information content (AvgIpc) is 3.21. The first-order chi connectivity index (χ1) is 11.3. The predicted molar refractivity (Wildman–Crippen MR) is 87.2 cm³/mol. The summed E-state index contributed by atoms with van der Waals surface area (Å²) in [7, 11) is 0. The van der Waals surface area contributed by atoms with Crippen LogP contribution < -0.4 is 5.32 Å². The monoisotopic (exact) mass is 333 g/mol. The highest BCUT2D eigenvalue weighted by Crippen LogP contribution is 2.19. The van der Waals surface area contributed by atoms with Crippen molar-refractivity contribution in [2.75, 3.05) is 17.7 Å². The number of nitrogens with zero attached hydrogens (tertiary/aromatic N) is 4. The molecule has 2 heterocycles. The van der Waals surface area contributed by atoms with E-state index in [0.717, 1.165) is 30.3 Å². The van der Waals surface area contributed by atoms with E-state index in [1.54, 1.807) is 4.68 Å². The van der Waals surface area contributed by atoms with E-state index in [1.165, 1.54) is 11.8 Å². The van der Waals surface area contributed by atoms with E-state index in [4.69, 9.17) is 4.74 Å². The number of anilines is 1. The van der Waals surface area contributed by atoms with E-state index in [9.17, 15) is 4.79 Å². The summed E-state index contributed by atoms with van der Waals surface area (Å²) < 4.78 is 7.36. The summed E-state index contributed by atoms with van der Waals surface area (Å²) in [6, 6.07) is 9.44. The Balaban J connectivity index is 1.43.